The van der Waals surface area contributed by atoms with Crippen LogP contribution in [-0.2, 0) is 10.2 Å². The molecule has 1 N–H and O–H groups in total. The molecule has 0 radical (unpaired) electrons. The molecule has 0 saturated carbocycles. The zero-order chi connectivity index (χ0) is 21.8. The van der Waals surface area contributed by atoms with E-state index in [0.717, 1.165) is 48.2 Å². The minimum absolute atomic E-state index is 0.175. The second-order valence-corrected chi connectivity index (χ2v) is 9.18. The van der Waals surface area contributed by atoms with Crippen LogP contribution < -0.4 is 4.90 Å². The van der Waals surface area contributed by atoms with Gasteiger partial charge in [-0.3, -0.25) is 9.69 Å². The van der Waals surface area contributed by atoms with Gasteiger partial charge in [0.15, 0.2) is 0 Å². The van der Waals surface area contributed by atoms with Crippen LogP contribution >= 0.6 is 0 Å². The fourth-order valence-corrected chi connectivity index (χ4v) is 5.01. The van der Waals surface area contributed by atoms with Crippen molar-refractivity contribution < 1.29 is 9.18 Å². The average molecular weight is 418 g/mol. The lowest BCUT2D eigenvalue weighted by Crippen LogP contribution is -2.42. The molecule has 31 heavy (non-hydrogen) atoms. The fourth-order valence-electron chi connectivity index (χ4n) is 5.01. The van der Waals surface area contributed by atoms with Gasteiger partial charge in [-0.15, -0.1) is 0 Å². The lowest BCUT2D eigenvalue weighted by atomic mass is 9.86. The summed E-state index contributed by atoms with van der Waals surface area (Å²) in [5.41, 5.74) is 5.73. The molecule has 160 valence electrons. The van der Waals surface area contributed by atoms with Crippen LogP contribution in [0, 0.1) is 12.7 Å². The summed E-state index contributed by atoms with van der Waals surface area (Å²) in [6.07, 6.45) is 5.22. The summed E-state index contributed by atoms with van der Waals surface area (Å²) >= 11 is 0. The maximum atomic E-state index is 13.9. The molecular weight excluding hydrogens is 389 g/mol. The van der Waals surface area contributed by atoms with Crippen LogP contribution in [0.5, 0.6) is 0 Å². The van der Waals surface area contributed by atoms with E-state index >= 15 is 0 Å². The predicted octanol–water partition coefficient (Wildman–Crippen LogP) is 5.03. The van der Waals surface area contributed by atoms with Crippen LogP contribution in [0.25, 0.3) is 16.5 Å². The van der Waals surface area contributed by atoms with E-state index in [1.807, 2.05) is 50.1 Å². The number of aromatic nitrogens is 1. The lowest BCUT2D eigenvalue weighted by Gasteiger charge is -2.29. The van der Waals surface area contributed by atoms with Crippen molar-refractivity contribution in [2.45, 2.75) is 32.6 Å². The Balaban J connectivity index is 1.29. The summed E-state index contributed by atoms with van der Waals surface area (Å²) in [4.78, 5) is 20.6. The first-order valence-electron chi connectivity index (χ1n) is 11.0. The number of carbonyl (C=O) groups excluding carboxylic acids is 1. The summed E-state index contributed by atoms with van der Waals surface area (Å²) in [7, 11) is 0. The number of hydrogen-bond donors (Lipinski definition) is 1. The number of fused-ring (bicyclic) bond motifs is 2. The summed E-state index contributed by atoms with van der Waals surface area (Å²) < 4.78 is 13.9. The molecule has 3 aromatic rings. The van der Waals surface area contributed by atoms with Gasteiger partial charge in [-0.05, 0) is 56.5 Å². The van der Waals surface area contributed by atoms with Crippen LogP contribution in [0.4, 0.5) is 10.1 Å². The Hall–Kier alpha value is -2.92. The van der Waals surface area contributed by atoms with E-state index in [0.29, 0.717) is 12.1 Å². The van der Waals surface area contributed by atoms with Gasteiger partial charge in [-0.1, -0.05) is 24.3 Å². The van der Waals surface area contributed by atoms with E-state index in [1.54, 1.807) is 6.07 Å². The fraction of sp³-hybridized carbons (Fsp3) is 0.346. The van der Waals surface area contributed by atoms with E-state index in [-0.39, 0.29) is 11.7 Å². The third kappa shape index (κ3) is 3.19. The molecule has 0 spiro atoms. The van der Waals surface area contributed by atoms with Crippen LogP contribution in [0.3, 0.4) is 0 Å². The van der Waals surface area contributed by atoms with Crippen LogP contribution in [0.1, 0.15) is 37.0 Å². The van der Waals surface area contributed by atoms with Gasteiger partial charge in [0.05, 0.1) is 10.9 Å². The molecule has 0 unspecified atom stereocenters. The van der Waals surface area contributed by atoms with Gasteiger partial charge in [-0.2, -0.15) is 0 Å². The largest absolute Gasteiger partial charge is 0.360 e. The van der Waals surface area contributed by atoms with Gasteiger partial charge in [0.1, 0.15) is 5.82 Å². The topological polar surface area (TPSA) is 39.3 Å². The maximum Gasteiger partial charge on any atom is 0.237 e. The van der Waals surface area contributed by atoms with Crippen molar-refractivity contribution in [3.8, 4) is 0 Å². The standard InChI is InChI=1S/C26H28FN3O/c1-17-22(27)9-8-19-20(16-28-24(17)19)18-10-12-29(13-11-18)14-15-30-23-7-5-4-6-21(23)26(2,3)25(30)31/h4-10,16,28H,11-15H2,1-3H3. The average Bonchev–Trinajstić information content (AvgIpc) is 3.29. The smallest absolute Gasteiger partial charge is 0.237 e. The highest BCUT2D eigenvalue weighted by atomic mass is 19.1. The van der Waals surface area contributed by atoms with Crippen molar-refractivity contribution in [2.75, 3.05) is 31.1 Å². The Labute approximate surface area is 182 Å². The van der Waals surface area contributed by atoms with Crippen molar-refractivity contribution in [3.63, 3.8) is 0 Å². The van der Waals surface area contributed by atoms with Crippen molar-refractivity contribution in [2.24, 2.45) is 0 Å². The molecule has 5 rings (SSSR count). The molecular formula is C26H28FN3O. The monoisotopic (exact) mass is 417 g/mol. The molecule has 0 atom stereocenters. The molecule has 0 saturated heterocycles. The van der Waals surface area contributed by atoms with Crippen molar-refractivity contribution >= 4 is 28.1 Å². The van der Waals surface area contributed by atoms with Gasteiger partial charge < -0.3 is 9.88 Å². The zero-order valence-corrected chi connectivity index (χ0v) is 18.3. The number of nitrogens with zero attached hydrogens (tertiary/aromatic N) is 2. The molecule has 0 fully saturated rings. The molecule has 1 aromatic heterocycles. The quantitative estimate of drug-likeness (QED) is 0.647. The number of amides is 1. The number of benzene rings is 2. The predicted molar refractivity (Wildman–Crippen MR) is 124 cm³/mol. The Bertz CT molecular complexity index is 1210. The Kier molecular flexibility index (Phi) is 4.74. The van der Waals surface area contributed by atoms with E-state index in [1.165, 1.54) is 11.1 Å². The Morgan fingerprint density at radius 1 is 1.13 bits per heavy atom. The molecule has 1 amide bonds. The second kappa shape index (κ2) is 7.34. The number of hydrogen-bond acceptors (Lipinski definition) is 2. The number of H-pyrrole nitrogens is 1. The number of para-hydroxylation sites is 1. The van der Waals surface area contributed by atoms with Gasteiger partial charge in [0.2, 0.25) is 5.91 Å². The molecule has 0 aliphatic carbocycles. The van der Waals surface area contributed by atoms with E-state index in [4.69, 9.17) is 0 Å². The third-order valence-electron chi connectivity index (χ3n) is 6.98. The SMILES string of the molecule is Cc1c(F)ccc2c(C3=CCN(CCN4C(=O)C(C)(C)c5ccccc54)CC3)c[nH]c12. The summed E-state index contributed by atoms with van der Waals surface area (Å²) in [6.45, 7) is 9.19. The second-order valence-electron chi connectivity index (χ2n) is 9.18. The summed E-state index contributed by atoms with van der Waals surface area (Å²) in [5.74, 6) is 0.00856. The maximum absolute atomic E-state index is 13.9. The molecule has 0 bridgehead atoms. The number of carbonyl (C=O) groups is 1. The van der Waals surface area contributed by atoms with E-state index in [9.17, 15) is 9.18 Å². The first-order valence-corrected chi connectivity index (χ1v) is 11.0. The van der Waals surface area contributed by atoms with Crippen molar-refractivity contribution in [1.29, 1.82) is 0 Å². The van der Waals surface area contributed by atoms with Gasteiger partial charge in [0.25, 0.3) is 0 Å². The van der Waals surface area contributed by atoms with Crippen LogP contribution in [-0.4, -0.2) is 42.0 Å². The number of halogens is 1. The molecule has 4 nitrogen and oxygen atoms in total. The first kappa shape index (κ1) is 20.0. The van der Waals surface area contributed by atoms with E-state index < -0.39 is 5.41 Å². The molecule has 2 aromatic carbocycles. The highest BCUT2D eigenvalue weighted by molar-refractivity contribution is 6.07. The first-order chi connectivity index (χ1) is 14.9. The van der Waals surface area contributed by atoms with Gasteiger partial charge >= 0.3 is 0 Å². The molecule has 2 aliphatic heterocycles. The number of aromatic amines is 1. The van der Waals surface area contributed by atoms with Gasteiger partial charge in [0, 0.05) is 54.6 Å². The highest BCUT2D eigenvalue weighted by Crippen LogP contribution is 2.41. The molecule has 3 heterocycles. The lowest BCUT2D eigenvalue weighted by molar-refractivity contribution is -0.122. The molecule has 2 aliphatic rings. The highest BCUT2D eigenvalue weighted by Gasteiger charge is 2.43. The zero-order valence-electron chi connectivity index (χ0n) is 18.3. The van der Waals surface area contributed by atoms with Crippen molar-refractivity contribution in [3.05, 3.63) is 71.2 Å². The number of anilines is 1. The van der Waals surface area contributed by atoms with Crippen LogP contribution in [0.15, 0.2) is 48.7 Å². The molecule has 5 heteroatoms. The minimum atomic E-state index is -0.460. The van der Waals surface area contributed by atoms with Crippen molar-refractivity contribution in [1.82, 2.24) is 9.88 Å². The van der Waals surface area contributed by atoms with Crippen LogP contribution in [0.2, 0.25) is 0 Å². The number of nitrogens with one attached hydrogen (secondary N) is 1. The Morgan fingerprint density at radius 2 is 1.94 bits per heavy atom. The minimum Gasteiger partial charge on any atom is -0.360 e. The number of aryl methyl sites for hydroxylation is 1. The summed E-state index contributed by atoms with van der Waals surface area (Å²) in [5, 5.41) is 1.08. The van der Waals surface area contributed by atoms with E-state index in [2.05, 4.69) is 28.1 Å². The number of rotatable bonds is 4. The summed E-state index contributed by atoms with van der Waals surface area (Å²) in [6, 6.07) is 11.6. The normalized spacial score (nSPS) is 18.5. The van der Waals surface area contributed by atoms with Gasteiger partial charge in [-0.25, -0.2) is 4.39 Å². The third-order valence-corrected chi connectivity index (χ3v) is 6.98. The Morgan fingerprint density at radius 3 is 2.71 bits per heavy atom.